The first-order chi connectivity index (χ1) is 16.3. The minimum absolute atomic E-state index is 0.0575. The van der Waals surface area contributed by atoms with Gasteiger partial charge in [-0.2, -0.15) is 0 Å². The third-order valence-electron chi connectivity index (χ3n) is 6.10. The standard InChI is InChI=1S/C28H32N2O4/c1-4-24(25-14-21(16-30-25)13-19(3)28(32)33)27(29)26(31)15-20-9-11-23(12-10-20)34-17-22-8-6-5-7-18(22)2/h5-12,14,16,19,24,29-30H,4,13,15,17H2,1-3H3,(H,32,33). The summed E-state index contributed by atoms with van der Waals surface area (Å²) in [4.78, 5) is 27.1. The minimum Gasteiger partial charge on any atom is -0.489 e. The lowest BCUT2D eigenvalue weighted by molar-refractivity contribution is -0.141. The van der Waals surface area contributed by atoms with Crippen molar-refractivity contribution in [2.24, 2.45) is 5.92 Å². The molecule has 0 saturated carbocycles. The van der Waals surface area contributed by atoms with Crippen LogP contribution in [0.5, 0.6) is 5.75 Å². The van der Waals surface area contributed by atoms with E-state index in [1.54, 1.807) is 13.1 Å². The van der Waals surface area contributed by atoms with Crippen molar-refractivity contribution in [1.29, 1.82) is 5.41 Å². The molecule has 34 heavy (non-hydrogen) atoms. The second-order valence-corrected chi connectivity index (χ2v) is 8.74. The number of hydrogen-bond acceptors (Lipinski definition) is 4. The lowest BCUT2D eigenvalue weighted by Gasteiger charge is -2.14. The van der Waals surface area contributed by atoms with E-state index in [9.17, 15) is 9.59 Å². The first-order valence-electron chi connectivity index (χ1n) is 11.6. The SMILES string of the molecule is CCC(C(=N)C(=O)Cc1ccc(OCc2ccccc2C)cc1)c1cc(CC(C)C(=O)O)c[nH]1. The van der Waals surface area contributed by atoms with Gasteiger partial charge in [0, 0.05) is 24.2 Å². The van der Waals surface area contributed by atoms with Crippen LogP contribution in [0.2, 0.25) is 0 Å². The molecule has 0 radical (unpaired) electrons. The highest BCUT2D eigenvalue weighted by molar-refractivity contribution is 6.40. The Kier molecular flexibility index (Phi) is 8.41. The van der Waals surface area contributed by atoms with Crippen LogP contribution in [0.3, 0.4) is 0 Å². The maximum absolute atomic E-state index is 12.8. The number of aryl methyl sites for hydroxylation is 1. The Morgan fingerprint density at radius 2 is 1.79 bits per heavy atom. The van der Waals surface area contributed by atoms with Gasteiger partial charge in [0.25, 0.3) is 0 Å². The van der Waals surface area contributed by atoms with Gasteiger partial charge in [-0.3, -0.25) is 9.59 Å². The average Bonchev–Trinajstić information content (AvgIpc) is 3.27. The molecule has 1 aromatic heterocycles. The van der Waals surface area contributed by atoms with Crippen LogP contribution in [0, 0.1) is 18.3 Å². The van der Waals surface area contributed by atoms with E-state index in [1.807, 2.05) is 55.5 Å². The molecule has 3 aromatic rings. The van der Waals surface area contributed by atoms with Gasteiger partial charge in [-0.15, -0.1) is 0 Å². The van der Waals surface area contributed by atoms with Crippen molar-refractivity contribution in [3.63, 3.8) is 0 Å². The summed E-state index contributed by atoms with van der Waals surface area (Å²) in [5.41, 5.74) is 4.83. The number of carboxylic acids is 1. The van der Waals surface area contributed by atoms with Crippen LogP contribution >= 0.6 is 0 Å². The number of H-pyrrole nitrogens is 1. The molecule has 0 spiro atoms. The van der Waals surface area contributed by atoms with Gasteiger partial charge >= 0.3 is 5.97 Å². The molecule has 2 aromatic carbocycles. The lowest BCUT2D eigenvalue weighted by atomic mass is 9.91. The lowest BCUT2D eigenvalue weighted by Crippen LogP contribution is -2.23. The first-order valence-corrected chi connectivity index (χ1v) is 11.6. The molecule has 1 heterocycles. The normalized spacial score (nSPS) is 12.7. The number of carbonyl (C=O) groups is 2. The fourth-order valence-corrected chi connectivity index (χ4v) is 3.91. The summed E-state index contributed by atoms with van der Waals surface area (Å²) in [5, 5.41) is 17.6. The Balaban J connectivity index is 1.58. The number of ketones is 1. The van der Waals surface area contributed by atoms with Crippen molar-refractivity contribution < 1.29 is 19.4 Å². The molecule has 6 nitrogen and oxygen atoms in total. The molecule has 0 aliphatic carbocycles. The number of ether oxygens (including phenoxy) is 1. The first kappa shape index (κ1) is 25.0. The minimum atomic E-state index is -0.843. The molecule has 2 atom stereocenters. The summed E-state index contributed by atoms with van der Waals surface area (Å²) in [7, 11) is 0. The van der Waals surface area contributed by atoms with Crippen LogP contribution in [-0.2, 0) is 29.0 Å². The number of rotatable bonds is 12. The van der Waals surface area contributed by atoms with E-state index in [0.29, 0.717) is 19.4 Å². The quantitative estimate of drug-likeness (QED) is 0.311. The number of benzene rings is 2. The van der Waals surface area contributed by atoms with Gasteiger partial charge in [0.2, 0.25) is 0 Å². The number of Topliss-reactive ketones (excluding diaryl/α,β-unsaturated/α-hetero) is 1. The smallest absolute Gasteiger partial charge is 0.306 e. The highest BCUT2D eigenvalue weighted by atomic mass is 16.5. The van der Waals surface area contributed by atoms with Crippen LogP contribution in [0.4, 0.5) is 0 Å². The predicted octanol–water partition coefficient (Wildman–Crippen LogP) is 5.49. The Labute approximate surface area is 200 Å². The third kappa shape index (κ3) is 6.44. The number of carboxylic acid groups (broad SMARTS) is 1. The van der Waals surface area contributed by atoms with Gasteiger partial charge in [0.15, 0.2) is 5.78 Å². The van der Waals surface area contributed by atoms with Crippen molar-refractivity contribution in [3.8, 4) is 5.75 Å². The van der Waals surface area contributed by atoms with E-state index in [2.05, 4.69) is 18.0 Å². The zero-order chi connectivity index (χ0) is 24.7. The molecule has 0 saturated heterocycles. The molecule has 0 bridgehead atoms. The molecule has 2 unspecified atom stereocenters. The topological polar surface area (TPSA) is 103 Å². The second-order valence-electron chi connectivity index (χ2n) is 8.74. The van der Waals surface area contributed by atoms with Gasteiger partial charge in [-0.05, 0) is 60.2 Å². The monoisotopic (exact) mass is 460 g/mol. The summed E-state index contributed by atoms with van der Waals surface area (Å²) in [6.07, 6.45) is 2.92. The molecular formula is C28H32N2O4. The van der Waals surface area contributed by atoms with E-state index in [4.69, 9.17) is 15.3 Å². The number of aromatic nitrogens is 1. The van der Waals surface area contributed by atoms with E-state index >= 15 is 0 Å². The van der Waals surface area contributed by atoms with Crippen LogP contribution < -0.4 is 4.74 Å². The largest absolute Gasteiger partial charge is 0.489 e. The van der Waals surface area contributed by atoms with Gasteiger partial charge in [0.1, 0.15) is 12.4 Å². The highest BCUT2D eigenvalue weighted by Gasteiger charge is 2.23. The summed E-state index contributed by atoms with van der Waals surface area (Å²) in [5.74, 6) is -1.18. The van der Waals surface area contributed by atoms with Crippen molar-refractivity contribution >= 4 is 17.5 Å². The van der Waals surface area contributed by atoms with Crippen molar-refractivity contribution in [2.75, 3.05) is 0 Å². The van der Waals surface area contributed by atoms with Gasteiger partial charge in [0.05, 0.1) is 11.6 Å². The molecule has 3 rings (SSSR count). The van der Waals surface area contributed by atoms with Crippen LogP contribution in [-0.4, -0.2) is 27.6 Å². The number of aromatic amines is 1. The van der Waals surface area contributed by atoms with Crippen LogP contribution in [0.25, 0.3) is 0 Å². The Morgan fingerprint density at radius 1 is 1.09 bits per heavy atom. The number of nitrogens with one attached hydrogen (secondary N) is 2. The van der Waals surface area contributed by atoms with Gasteiger partial charge in [-0.1, -0.05) is 50.2 Å². The van der Waals surface area contributed by atoms with Crippen molar-refractivity contribution in [3.05, 3.63) is 88.7 Å². The second kappa shape index (κ2) is 11.5. The molecule has 3 N–H and O–H groups in total. The molecule has 178 valence electrons. The zero-order valence-electron chi connectivity index (χ0n) is 19.9. The van der Waals surface area contributed by atoms with Crippen molar-refractivity contribution in [2.45, 2.75) is 52.6 Å². The number of carbonyl (C=O) groups excluding carboxylic acids is 1. The summed E-state index contributed by atoms with van der Waals surface area (Å²) in [6, 6.07) is 17.4. The molecule has 0 aliphatic heterocycles. The zero-order valence-corrected chi connectivity index (χ0v) is 19.9. The molecule has 0 fully saturated rings. The molecule has 0 aliphatic rings. The number of aliphatic carboxylic acids is 1. The third-order valence-corrected chi connectivity index (χ3v) is 6.10. The fourth-order valence-electron chi connectivity index (χ4n) is 3.91. The Hall–Kier alpha value is -3.67. The Bertz CT molecular complexity index is 1150. The van der Waals surface area contributed by atoms with Crippen LogP contribution in [0.15, 0.2) is 60.8 Å². The van der Waals surface area contributed by atoms with E-state index < -0.39 is 11.9 Å². The summed E-state index contributed by atoms with van der Waals surface area (Å²) in [6.45, 7) is 6.14. The predicted molar refractivity (Wildman–Crippen MR) is 133 cm³/mol. The maximum Gasteiger partial charge on any atom is 0.306 e. The molecular weight excluding hydrogens is 428 g/mol. The van der Waals surface area contributed by atoms with E-state index in [1.165, 1.54) is 5.56 Å². The van der Waals surface area contributed by atoms with E-state index in [-0.39, 0.29) is 23.8 Å². The van der Waals surface area contributed by atoms with Crippen molar-refractivity contribution in [1.82, 2.24) is 4.98 Å². The van der Waals surface area contributed by atoms with Gasteiger partial charge < -0.3 is 20.2 Å². The highest BCUT2D eigenvalue weighted by Crippen LogP contribution is 2.24. The summed E-state index contributed by atoms with van der Waals surface area (Å²) < 4.78 is 5.87. The molecule has 0 amide bonds. The van der Waals surface area contributed by atoms with Gasteiger partial charge in [-0.25, -0.2) is 0 Å². The maximum atomic E-state index is 12.8. The Morgan fingerprint density at radius 3 is 2.44 bits per heavy atom. The average molecular weight is 461 g/mol. The van der Waals surface area contributed by atoms with Crippen LogP contribution in [0.1, 0.15) is 54.1 Å². The summed E-state index contributed by atoms with van der Waals surface area (Å²) >= 11 is 0. The number of hydrogen-bond donors (Lipinski definition) is 3. The van der Waals surface area contributed by atoms with E-state index in [0.717, 1.165) is 28.1 Å². The fraction of sp³-hybridized carbons (Fsp3) is 0.321. The molecule has 6 heteroatoms.